The van der Waals surface area contributed by atoms with Crippen molar-refractivity contribution >= 4 is 13.1 Å². The van der Waals surface area contributed by atoms with Crippen LogP contribution in [0.5, 0.6) is 0 Å². The molecule has 0 aromatic rings. The van der Waals surface area contributed by atoms with Crippen LogP contribution in [0, 0.1) is 5.92 Å². The van der Waals surface area contributed by atoms with Gasteiger partial charge in [-0.15, -0.1) is 0 Å². The summed E-state index contributed by atoms with van der Waals surface area (Å²) in [6.07, 6.45) is 0. The van der Waals surface area contributed by atoms with E-state index in [1.165, 1.54) is 0 Å². The summed E-state index contributed by atoms with van der Waals surface area (Å²) < 4.78 is 16.9. The van der Waals surface area contributed by atoms with E-state index in [2.05, 4.69) is 0 Å². The molecule has 104 valence electrons. The van der Waals surface area contributed by atoms with E-state index in [0.717, 1.165) is 0 Å². The van der Waals surface area contributed by atoms with Gasteiger partial charge in [0, 0.05) is 5.82 Å². The molecular formula is C13H25BO4. The number of carbonyl (C=O) groups excluding carboxylic acids is 1. The molecule has 2 atom stereocenters. The van der Waals surface area contributed by atoms with Gasteiger partial charge in [0.25, 0.3) is 0 Å². The number of esters is 1. The highest BCUT2D eigenvalue weighted by Gasteiger charge is 2.54. The maximum atomic E-state index is 11.7. The summed E-state index contributed by atoms with van der Waals surface area (Å²) >= 11 is 0. The molecule has 0 spiro atoms. The minimum absolute atomic E-state index is 0.0369. The van der Waals surface area contributed by atoms with Crippen molar-refractivity contribution < 1.29 is 18.8 Å². The summed E-state index contributed by atoms with van der Waals surface area (Å²) in [5.74, 6) is -0.468. The van der Waals surface area contributed by atoms with Gasteiger partial charge in [-0.1, -0.05) is 13.8 Å². The zero-order valence-electron chi connectivity index (χ0n) is 12.6. The second-order valence-corrected chi connectivity index (χ2v) is 6.02. The monoisotopic (exact) mass is 256 g/mol. The minimum atomic E-state index is -0.366. The van der Waals surface area contributed by atoms with Crippen molar-refractivity contribution in [1.29, 1.82) is 0 Å². The van der Waals surface area contributed by atoms with Gasteiger partial charge < -0.3 is 14.0 Å². The van der Waals surface area contributed by atoms with E-state index in [1.807, 2.05) is 48.5 Å². The Morgan fingerprint density at radius 2 is 1.61 bits per heavy atom. The number of hydrogen-bond donors (Lipinski definition) is 0. The molecule has 1 aliphatic heterocycles. The zero-order chi connectivity index (χ0) is 14.1. The van der Waals surface area contributed by atoms with Gasteiger partial charge in [0.05, 0.1) is 23.7 Å². The van der Waals surface area contributed by atoms with Crippen LogP contribution in [0.25, 0.3) is 0 Å². The van der Waals surface area contributed by atoms with E-state index in [-0.39, 0.29) is 36.0 Å². The van der Waals surface area contributed by atoms with Gasteiger partial charge in [0.15, 0.2) is 0 Å². The first-order chi connectivity index (χ1) is 8.12. The summed E-state index contributed by atoms with van der Waals surface area (Å²) in [6.45, 7) is 14.1. The van der Waals surface area contributed by atoms with E-state index >= 15 is 0 Å². The summed E-state index contributed by atoms with van der Waals surface area (Å²) in [6, 6.07) is 0. The molecule has 5 heteroatoms. The number of ether oxygens (including phenoxy) is 1. The van der Waals surface area contributed by atoms with Crippen LogP contribution in [0.1, 0.15) is 48.5 Å². The fourth-order valence-corrected chi connectivity index (χ4v) is 1.83. The molecule has 0 amide bonds. The van der Waals surface area contributed by atoms with Gasteiger partial charge in [-0.05, 0) is 34.6 Å². The standard InChI is InChI=1S/C13H25BO4/c1-8-16-11(15)9(2)10(3)14-17-12(4,5)13(6,7)18-14/h9-10H,8H2,1-7H3. The third-order valence-electron chi connectivity index (χ3n) is 4.15. The molecule has 1 heterocycles. The number of carbonyl (C=O) groups is 1. The predicted octanol–water partition coefficient (Wildman–Crippen LogP) is 2.67. The average Bonchev–Trinajstić information content (AvgIpc) is 2.46. The Bertz CT molecular complexity index is 298. The molecule has 0 saturated carbocycles. The highest BCUT2D eigenvalue weighted by molar-refractivity contribution is 6.47. The summed E-state index contributed by atoms with van der Waals surface area (Å²) in [5, 5.41) is 0. The predicted molar refractivity (Wildman–Crippen MR) is 71.3 cm³/mol. The van der Waals surface area contributed by atoms with Crippen molar-refractivity contribution in [3.63, 3.8) is 0 Å². The third kappa shape index (κ3) is 2.89. The molecule has 0 bridgehead atoms. The lowest BCUT2D eigenvalue weighted by Crippen LogP contribution is -2.41. The topological polar surface area (TPSA) is 44.8 Å². The Hall–Kier alpha value is -0.545. The second-order valence-electron chi connectivity index (χ2n) is 6.02. The Morgan fingerprint density at radius 3 is 2.00 bits per heavy atom. The molecule has 0 N–H and O–H groups in total. The van der Waals surface area contributed by atoms with Crippen LogP contribution < -0.4 is 0 Å². The van der Waals surface area contributed by atoms with Crippen molar-refractivity contribution in [2.45, 2.75) is 65.5 Å². The normalized spacial score (nSPS) is 24.7. The first-order valence-corrected chi connectivity index (χ1v) is 6.64. The second kappa shape index (κ2) is 5.21. The van der Waals surface area contributed by atoms with E-state index < -0.39 is 0 Å². The minimum Gasteiger partial charge on any atom is -0.466 e. The van der Waals surface area contributed by atoms with E-state index in [4.69, 9.17) is 14.0 Å². The van der Waals surface area contributed by atoms with Crippen molar-refractivity contribution in [2.75, 3.05) is 6.61 Å². The molecule has 0 aliphatic carbocycles. The number of rotatable bonds is 4. The van der Waals surface area contributed by atoms with Gasteiger partial charge in [-0.3, -0.25) is 4.79 Å². The molecule has 0 aromatic carbocycles. The summed E-state index contributed by atoms with van der Waals surface area (Å²) in [5.41, 5.74) is -0.722. The largest absolute Gasteiger partial charge is 0.466 e. The van der Waals surface area contributed by atoms with Crippen LogP contribution in [-0.2, 0) is 18.8 Å². The maximum absolute atomic E-state index is 11.7. The Morgan fingerprint density at radius 1 is 1.17 bits per heavy atom. The van der Waals surface area contributed by atoms with Gasteiger partial charge in [-0.2, -0.15) is 0 Å². The smallest absolute Gasteiger partial charge is 0.461 e. The molecule has 1 aliphatic rings. The highest BCUT2D eigenvalue weighted by atomic mass is 16.7. The van der Waals surface area contributed by atoms with Crippen LogP contribution in [0.15, 0.2) is 0 Å². The average molecular weight is 256 g/mol. The van der Waals surface area contributed by atoms with Gasteiger partial charge in [0.1, 0.15) is 0 Å². The highest BCUT2D eigenvalue weighted by Crippen LogP contribution is 2.41. The molecule has 1 saturated heterocycles. The van der Waals surface area contributed by atoms with Crippen LogP contribution in [0.2, 0.25) is 5.82 Å². The molecule has 2 unspecified atom stereocenters. The molecule has 18 heavy (non-hydrogen) atoms. The summed E-state index contributed by atoms with van der Waals surface area (Å²) in [7, 11) is -0.366. The lowest BCUT2D eigenvalue weighted by molar-refractivity contribution is -0.147. The lowest BCUT2D eigenvalue weighted by Gasteiger charge is -2.32. The fourth-order valence-electron chi connectivity index (χ4n) is 1.83. The molecule has 1 fully saturated rings. The Kier molecular flexibility index (Phi) is 4.49. The van der Waals surface area contributed by atoms with Gasteiger partial charge >= 0.3 is 13.1 Å². The van der Waals surface area contributed by atoms with E-state index in [1.54, 1.807) is 0 Å². The molecule has 4 nitrogen and oxygen atoms in total. The number of hydrogen-bond acceptors (Lipinski definition) is 4. The first-order valence-electron chi connectivity index (χ1n) is 6.64. The molecule has 1 rings (SSSR count). The van der Waals surface area contributed by atoms with E-state index in [9.17, 15) is 4.79 Å². The molecular weight excluding hydrogens is 231 g/mol. The maximum Gasteiger partial charge on any atom is 0.461 e. The Labute approximate surface area is 111 Å². The molecule has 0 radical (unpaired) electrons. The van der Waals surface area contributed by atoms with Crippen molar-refractivity contribution in [1.82, 2.24) is 0 Å². The van der Waals surface area contributed by atoms with Crippen molar-refractivity contribution in [2.24, 2.45) is 5.92 Å². The van der Waals surface area contributed by atoms with Crippen molar-refractivity contribution in [3.05, 3.63) is 0 Å². The summed E-state index contributed by atoms with van der Waals surface area (Å²) in [4.78, 5) is 11.7. The van der Waals surface area contributed by atoms with Crippen molar-refractivity contribution in [3.8, 4) is 0 Å². The van der Waals surface area contributed by atoms with Gasteiger partial charge in [-0.25, -0.2) is 0 Å². The lowest BCUT2D eigenvalue weighted by atomic mass is 9.66. The quantitative estimate of drug-likeness (QED) is 0.573. The van der Waals surface area contributed by atoms with Crippen LogP contribution >= 0.6 is 0 Å². The molecule has 0 aromatic heterocycles. The SMILES string of the molecule is CCOC(=O)C(C)C(C)B1OC(C)(C)C(C)(C)O1. The van der Waals surface area contributed by atoms with Crippen LogP contribution in [0.4, 0.5) is 0 Å². The van der Waals surface area contributed by atoms with Gasteiger partial charge in [0.2, 0.25) is 0 Å². The van der Waals surface area contributed by atoms with Crippen LogP contribution in [-0.4, -0.2) is 30.9 Å². The fraction of sp³-hybridized carbons (Fsp3) is 0.923. The third-order valence-corrected chi connectivity index (χ3v) is 4.15. The Balaban J connectivity index is 2.70. The van der Waals surface area contributed by atoms with E-state index in [0.29, 0.717) is 6.61 Å². The zero-order valence-corrected chi connectivity index (χ0v) is 12.6. The first kappa shape index (κ1) is 15.5. The van der Waals surface area contributed by atoms with Crippen LogP contribution in [0.3, 0.4) is 0 Å².